The van der Waals surface area contributed by atoms with Gasteiger partial charge in [-0.05, 0) is 42.0 Å². The van der Waals surface area contributed by atoms with Gasteiger partial charge in [-0.2, -0.15) is 5.26 Å². The number of H-pyrrole nitrogens is 1. The molecule has 3 rings (SSSR count). The van der Waals surface area contributed by atoms with Gasteiger partial charge in [-0.1, -0.05) is 28.1 Å². The number of hydrogen-bond acceptors (Lipinski definition) is 1. The van der Waals surface area contributed by atoms with E-state index in [1.54, 1.807) is 18.2 Å². The Balaban J connectivity index is 2.12. The summed E-state index contributed by atoms with van der Waals surface area (Å²) in [5.41, 5.74) is 3.12. The third-order valence-corrected chi connectivity index (χ3v) is 3.73. The van der Waals surface area contributed by atoms with Gasteiger partial charge in [0.2, 0.25) is 0 Å². The average molecular weight is 341 g/mol. The molecule has 0 aliphatic rings. The lowest BCUT2D eigenvalue weighted by atomic mass is 10.0. The number of benzene rings is 2. The van der Waals surface area contributed by atoms with E-state index >= 15 is 0 Å². The van der Waals surface area contributed by atoms with Gasteiger partial charge in [-0.15, -0.1) is 0 Å². The fraction of sp³-hybridized carbons (Fsp3) is 0. The molecular formula is C17H10BrFN2. The van der Waals surface area contributed by atoms with Crippen LogP contribution >= 0.6 is 15.9 Å². The van der Waals surface area contributed by atoms with Crippen molar-refractivity contribution < 1.29 is 4.39 Å². The molecule has 1 N–H and O–H groups in total. The van der Waals surface area contributed by atoms with Gasteiger partial charge in [0.15, 0.2) is 0 Å². The molecule has 4 heteroatoms. The van der Waals surface area contributed by atoms with E-state index in [0.717, 1.165) is 26.5 Å². The van der Waals surface area contributed by atoms with Crippen molar-refractivity contribution in [3.05, 3.63) is 70.1 Å². The lowest BCUT2D eigenvalue weighted by molar-refractivity contribution is 0.628. The smallest absolute Gasteiger partial charge is 0.123 e. The third-order valence-electron chi connectivity index (χ3n) is 3.24. The van der Waals surface area contributed by atoms with E-state index in [-0.39, 0.29) is 5.82 Å². The highest BCUT2D eigenvalue weighted by Gasteiger charge is 2.09. The molecule has 0 atom stereocenters. The fourth-order valence-corrected chi connectivity index (χ4v) is 2.57. The maximum Gasteiger partial charge on any atom is 0.123 e. The maximum absolute atomic E-state index is 12.9. The molecule has 0 aliphatic heterocycles. The van der Waals surface area contributed by atoms with E-state index in [1.807, 2.05) is 24.4 Å². The summed E-state index contributed by atoms with van der Waals surface area (Å²) < 4.78 is 13.9. The van der Waals surface area contributed by atoms with Crippen LogP contribution in [-0.4, -0.2) is 4.98 Å². The van der Waals surface area contributed by atoms with Gasteiger partial charge in [0.1, 0.15) is 5.82 Å². The van der Waals surface area contributed by atoms with Crippen molar-refractivity contribution in [3.63, 3.8) is 0 Å². The summed E-state index contributed by atoms with van der Waals surface area (Å²) in [5, 5.41) is 10.4. The molecule has 0 unspecified atom stereocenters. The van der Waals surface area contributed by atoms with Crippen molar-refractivity contribution in [2.24, 2.45) is 0 Å². The normalized spacial score (nSPS) is 11.6. The molecule has 3 aromatic rings. The predicted octanol–water partition coefficient (Wildman–Crippen LogP) is 5.13. The number of hydrogen-bond donors (Lipinski definition) is 1. The van der Waals surface area contributed by atoms with Gasteiger partial charge in [0, 0.05) is 27.1 Å². The Bertz CT molecular complexity index is 870. The monoisotopic (exact) mass is 340 g/mol. The number of allylic oxidation sites excluding steroid dienone is 1. The molecule has 0 bridgehead atoms. The van der Waals surface area contributed by atoms with Gasteiger partial charge < -0.3 is 4.98 Å². The zero-order valence-electron chi connectivity index (χ0n) is 10.9. The van der Waals surface area contributed by atoms with Crippen LogP contribution in [0, 0.1) is 17.1 Å². The Morgan fingerprint density at radius 1 is 1.19 bits per heavy atom. The molecule has 2 aromatic carbocycles. The molecule has 0 fully saturated rings. The van der Waals surface area contributed by atoms with Gasteiger partial charge in [0.05, 0.1) is 11.6 Å². The van der Waals surface area contributed by atoms with E-state index in [2.05, 4.69) is 27.0 Å². The molecule has 1 heterocycles. The number of nitrogens with one attached hydrogen (secondary N) is 1. The first-order valence-corrected chi connectivity index (χ1v) is 7.11. The summed E-state index contributed by atoms with van der Waals surface area (Å²) in [4.78, 5) is 3.15. The Hall–Kier alpha value is -2.38. The van der Waals surface area contributed by atoms with E-state index in [9.17, 15) is 9.65 Å². The Morgan fingerprint density at radius 3 is 2.67 bits per heavy atom. The lowest BCUT2D eigenvalue weighted by Crippen LogP contribution is -1.81. The van der Waals surface area contributed by atoms with Gasteiger partial charge in [0.25, 0.3) is 0 Å². The number of nitrogens with zero attached hydrogens (tertiary/aromatic N) is 1. The SMILES string of the molecule is N#C/C(=C\c1ccc(F)cc1)c1c[nH]c2ccc(Br)cc12. The largest absolute Gasteiger partial charge is 0.361 e. The molecule has 0 spiro atoms. The van der Waals surface area contributed by atoms with E-state index in [1.165, 1.54) is 12.1 Å². The summed E-state index contributed by atoms with van der Waals surface area (Å²) in [7, 11) is 0. The Labute approximate surface area is 129 Å². The molecular weight excluding hydrogens is 331 g/mol. The summed E-state index contributed by atoms with van der Waals surface area (Å²) in [6.45, 7) is 0. The zero-order valence-corrected chi connectivity index (χ0v) is 12.5. The van der Waals surface area contributed by atoms with Crippen LogP contribution in [0.15, 0.2) is 53.1 Å². The average Bonchev–Trinajstić information content (AvgIpc) is 2.89. The lowest BCUT2D eigenvalue weighted by Gasteiger charge is -1.99. The van der Waals surface area contributed by atoms with Crippen molar-refractivity contribution >= 4 is 38.5 Å². The van der Waals surface area contributed by atoms with Crippen LogP contribution in [-0.2, 0) is 0 Å². The third kappa shape index (κ3) is 2.74. The molecule has 21 heavy (non-hydrogen) atoms. The summed E-state index contributed by atoms with van der Waals surface area (Å²) in [6, 6.07) is 14.1. The van der Waals surface area contributed by atoms with Crippen molar-refractivity contribution in [2.75, 3.05) is 0 Å². The first-order chi connectivity index (χ1) is 10.2. The second-order valence-electron chi connectivity index (χ2n) is 4.61. The van der Waals surface area contributed by atoms with Crippen LogP contribution in [0.1, 0.15) is 11.1 Å². The molecule has 0 amide bonds. The van der Waals surface area contributed by atoms with E-state index < -0.39 is 0 Å². The number of rotatable bonds is 2. The van der Waals surface area contributed by atoms with Crippen molar-refractivity contribution in [1.82, 2.24) is 4.98 Å². The maximum atomic E-state index is 12.9. The quantitative estimate of drug-likeness (QED) is 0.645. The second-order valence-corrected chi connectivity index (χ2v) is 5.53. The van der Waals surface area contributed by atoms with Gasteiger partial charge >= 0.3 is 0 Å². The second kappa shape index (κ2) is 5.55. The minimum atomic E-state index is -0.290. The molecule has 0 saturated carbocycles. The Kier molecular flexibility index (Phi) is 3.59. The highest BCUT2D eigenvalue weighted by molar-refractivity contribution is 9.10. The molecule has 0 saturated heterocycles. The predicted molar refractivity (Wildman–Crippen MR) is 85.9 cm³/mol. The van der Waals surface area contributed by atoms with E-state index in [4.69, 9.17) is 0 Å². The van der Waals surface area contributed by atoms with Crippen LogP contribution in [0.3, 0.4) is 0 Å². The number of aromatic amines is 1. The number of aromatic nitrogens is 1. The molecule has 2 nitrogen and oxygen atoms in total. The first kappa shape index (κ1) is 13.6. The zero-order chi connectivity index (χ0) is 14.8. The van der Waals surface area contributed by atoms with Crippen LogP contribution in [0.2, 0.25) is 0 Å². The van der Waals surface area contributed by atoms with Gasteiger partial charge in [-0.25, -0.2) is 4.39 Å². The molecule has 0 aliphatic carbocycles. The van der Waals surface area contributed by atoms with Crippen molar-refractivity contribution in [1.29, 1.82) is 5.26 Å². The summed E-state index contributed by atoms with van der Waals surface area (Å²) >= 11 is 3.44. The minimum Gasteiger partial charge on any atom is -0.361 e. The summed E-state index contributed by atoms with van der Waals surface area (Å²) in [5.74, 6) is -0.290. The van der Waals surface area contributed by atoms with Crippen LogP contribution < -0.4 is 0 Å². The first-order valence-electron chi connectivity index (χ1n) is 6.32. The Morgan fingerprint density at radius 2 is 1.95 bits per heavy atom. The topological polar surface area (TPSA) is 39.6 Å². The van der Waals surface area contributed by atoms with Gasteiger partial charge in [-0.3, -0.25) is 0 Å². The highest BCUT2D eigenvalue weighted by Crippen LogP contribution is 2.28. The number of fused-ring (bicyclic) bond motifs is 1. The highest BCUT2D eigenvalue weighted by atomic mass is 79.9. The van der Waals surface area contributed by atoms with Crippen molar-refractivity contribution in [2.45, 2.75) is 0 Å². The molecule has 0 radical (unpaired) electrons. The molecule has 102 valence electrons. The van der Waals surface area contributed by atoms with Crippen LogP contribution in [0.4, 0.5) is 4.39 Å². The molecule has 1 aromatic heterocycles. The standard InChI is InChI=1S/C17H10BrFN2/c18-13-3-6-17-15(8-13)16(10-21-17)12(9-20)7-11-1-4-14(19)5-2-11/h1-8,10,21H/b12-7+. The number of nitriles is 1. The van der Waals surface area contributed by atoms with Crippen molar-refractivity contribution in [3.8, 4) is 6.07 Å². The van der Waals surface area contributed by atoms with Crippen LogP contribution in [0.25, 0.3) is 22.6 Å². The number of halogens is 2. The van der Waals surface area contributed by atoms with Crippen LogP contribution in [0.5, 0.6) is 0 Å². The van der Waals surface area contributed by atoms with E-state index in [0.29, 0.717) is 5.57 Å². The minimum absolute atomic E-state index is 0.290. The summed E-state index contributed by atoms with van der Waals surface area (Å²) in [6.07, 6.45) is 3.57. The fourth-order valence-electron chi connectivity index (χ4n) is 2.21.